The summed E-state index contributed by atoms with van der Waals surface area (Å²) in [6.07, 6.45) is 0.878. The Balaban J connectivity index is 2.26. The lowest BCUT2D eigenvalue weighted by Gasteiger charge is -2.03. The van der Waals surface area contributed by atoms with Crippen molar-refractivity contribution in [2.45, 2.75) is 22.7 Å². The molecule has 1 fully saturated rings. The molecule has 1 aromatic rings. The Labute approximate surface area is 73.1 Å². The standard InChI is InChI=1S/C9H9FOS/c10-9(6-7-9)12(11)8-4-2-1-3-5-8/h1-5H,6-7H2. The van der Waals surface area contributed by atoms with Gasteiger partial charge in [0.1, 0.15) is 0 Å². The highest BCUT2D eigenvalue weighted by Gasteiger charge is 2.50. The van der Waals surface area contributed by atoms with Gasteiger partial charge in [0.25, 0.3) is 0 Å². The van der Waals surface area contributed by atoms with Gasteiger partial charge in [-0.05, 0) is 25.0 Å². The molecule has 64 valence electrons. The van der Waals surface area contributed by atoms with Crippen LogP contribution < -0.4 is 0 Å². The van der Waals surface area contributed by atoms with Crippen molar-refractivity contribution in [1.82, 2.24) is 0 Å². The van der Waals surface area contributed by atoms with Crippen molar-refractivity contribution in [2.75, 3.05) is 0 Å². The third-order valence-electron chi connectivity index (χ3n) is 1.93. The van der Waals surface area contributed by atoms with E-state index in [0.717, 1.165) is 0 Å². The topological polar surface area (TPSA) is 17.1 Å². The van der Waals surface area contributed by atoms with Crippen LogP contribution in [0.1, 0.15) is 12.8 Å². The minimum Gasteiger partial charge on any atom is -0.251 e. The molecule has 0 amide bonds. The highest BCUT2D eigenvalue weighted by molar-refractivity contribution is 7.86. The van der Waals surface area contributed by atoms with E-state index in [2.05, 4.69) is 0 Å². The molecule has 1 nitrogen and oxygen atoms in total. The van der Waals surface area contributed by atoms with E-state index in [0.29, 0.717) is 17.7 Å². The quantitative estimate of drug-likeness (QED) is 0.689. The van der Waals surface area contributed by atoms with Gasteiger partial charge < -0.3 is 0 Å². The molecule has 1 saturated carbocycles. The molecule has 0 spiro atoms. The van der Waals surface area contributed by atoms with E-state index in [1.54, 1.807) is 24.3 Å². The molecule has 1 atom stereocenters. The summed E-state index contributed by atoms with van der Waals surface area (Å²) in [5.74, 6) is 0. The summed E-state index contributed by atoms with van der Waals surface area (Å²) in [5, 5.41) is -1.42. The Kier molecular flexibility index (Phi) is 1.76. The Morgan fingerprint density at radius 1 is 1.25 bits per heavy atom. The van der Waals surface area contributed by atoms with Crippen LogP contribution in [-0.4, -0.2) is 9.21 Å². The summed E-state index contributed by atoms with van der Waals surface area (Å²) >= 11 is 0. The zero-order valence-electron chi connectivity index (χ0n) is 6.50. The third kappa shape index (κ3) is 1.29. The number of halogens is 1. The van der Waals surface area contributed by atoms with E-state index in [-0.39, 0.29) is 0 Å². The molecule has 0 heterocycles. The average Bonchev–Trinajstić information content (AvgIpc) is 2.85. The largest absolute Gasteiger partial charge is 0.251 e. The molecule has 0 radical (unpaired) electrons. The first-order valence-corrected chi connectivity index (χ1v) is 5.03. The van der Waals surface area contributed by atoms with Gasteiger partial charge in [0.05, 0.1) is 10.8 Å². The molecule has 1 aromatic carbocycles. The lowest BCUT2D eigenvalue weighted by atomic mass is 10.4. The van der Waals surface area contributed by atoms with Crippen molar-refractivity contribution in [2.24, 2.45) is 0 Å². The van der Waals surface area contributed by atoms with Crippen molar-refractivity contribution >= 4 is 10.8 Å². The van der Waals surface area contributed by atoms with Gasteiger partial charge in [-0.15, -0.1) is 0 Å². The van der Waals surface area contributed by atoms with E-state index < -0.39 is 15.8 Å². The predicted molar refractivity (Wildman–Crippen MR) is 45.9 cm³/mol. The smallest absolute Gasteiger partial charge is 0.189 e. The van der Waals surface area contributed by atoms with Crippen LogP contribution in [0.2, 0.25) is 0 Å². The van der Waals surface area contributed by atoms with Crippen LogP contribution >= 0.6 is 0 Å². The fourth-order valence-electron chi connectivity index (χ4n) is 1.04. The molecule has 0 saturated heterocycles. The van der Waals surface area contributed by atoms with Gasteiger partial charge in [-0.1, -0.05) is 18.2 Å². The molecule has 1 aliphatic rings. The molecule has 2 rings (SSSR count). The van der Waals surface area contributed by atoms with Crippen molar-refractivity contribution < 1.29 is 8.60 Å². The van der Waals surface area contributed by atoms with Crippen LogP contribution in [0.15, 0.2) is 35.2 Å². The van der Waals surface area contributed by atoms with E-state index in [4.69, 9.17) is 0 Å². The minimum atomic E-state index is -1.46. The summed E-state index contributed by atoms with van der Waals surface area (Å²) in [4.78, 5) is 0.595. The van der Waals surface area contributed by atoms with Crippen molar-refractivity contribution in [3.8, 4) is 0 Å². The summed E-state index contributed by atoms with van der Waals surface area (Å²) < 4.78 is 24.7. The summed E-state index contributed by atoms with van der Waals surface area (Å²) in [6, 6.07) is 8.79. The summed E-state index contributed by atoms with van der Waals surface area (Å²) in [5.41, 5.74) is 0. The van der Waals surface area contributed by atoms with Crippen LogP contribution in [0.3, 0.4) is 0 Å². The van der Waals surface area contributed by atoms with Crippen LogP contribution in [0.25, 0.3) is 0 Å². The highest BCUT2D eigenvalue weighted by Crippen LogP contribution is 2.45. The second kappa shape index (κ2) is 2.66. The molecular weight excluding hydrogens is 175 g/mol. The van der Waals surface area contributed by atoms with Crippen LogP contribution in [0.4, 0.5) is 4.39 Å². The molecule has 1 unspecified atom stereocenters. The lowest BCUT2D eigenvalue weighted by molar-refractivity contribution is 0.423. The maximum Gasteiger partial charge on any atom is 0.189 e. The van der Waals surface area contributed by atoms with Crippen molar-refractivity contribution in [3.05, 3.63) is 30.3 Å². The zero-order valence-corrected chi connectivity index (χ0v) is 7.31. The number of rotatable bonds is 2. The average molecular weight is 184 g/mol. The molecule has 0 N–H and O–H groups in total. The van der Waals surface area contributed by atoms with Crippen LogP contribution in [0.5, 0.6) is 0 Å². The number of benzene rings is 1. The second-order valence-electron chi connectivity index (χ2n) is 2.96. The first-order valence-electron chi connectivity index (χ1n) is 3.88. The van der Waals surface area contributed by atoms with E-state index >= 15 is 0 Å². The monoisotopic (exact) mass is 184 g/mol. The molecule has 12 heavy (non-hydrogen) atoms. The van der Waals surface area contributed by atoms with Gasteiger partial charge in [-0.25, -0.2) is 4.39 Å². The Bertz CT molecular complexity index is 306. The van der Waals surface area contributed by atoms with Gasteiger partial charge in [-0.2, -0.15) is 0 Å². The number of hydrogen-bond acceptors (Lipinski definition) is 1. The first-order chi connectivity index (χ1) is 5.72. The lowest BCUT2D eigenvalue weighted by Crippen LogP contribution is -2.09. The van der Waals surface area contributed by atoms with E-state index in [9.17, 15) is 8.60 Å². The van der Waals surface area contributed by atoms with Gasteiger partial charge in [0.15, 0.2) is 5.00 Å². The molecule has 0 aliphatic heterocycles. The van der Waals surface area contributed by atoms with Gasteiger partial charge in [-0.3, -0.25) is 4.21 Å². The minimum absolute atomic E-state index is 0.439. The Morgan fingerprint density at radius 3 is 2.33 bits per heavy atom. The maximum absolute atomic E-state index is 13.3. The first kappa shape index (κ1) is 7.92. The maximum atomic E-state index is 13.3. The molecule has 3 heteroatoms. The zero-order chi connectivity index (χ0) is 8.60. The number of alkyl halides is 1. The molecule has 0 bridgehead atoms. The normalized spacial score (nSPS) is 21.8. The van der Waals surface area contributed by atoms with Gasteiger partial charge in [0, 0.05) is 4.90 Å². The highest BCUT2D eigenvalue weighted by atomic mass is 32.2. The van der Waals surface area contributed by atoms with Gasteiger partial charge in [0.2, 0.25) is 0 Å². The summed E-state index contributed by atoms with van der Waals surface area (Å²) in [6.45, 7) is 0. The van der Waals surface area contributed by atoms with Gasteiger partial charge >= 0.3 is 0 Å². The fourth-order valence-corrected chi connectivity index (χ4v) is 2.34. The SMILES string of the molecule is O=S(c1ccccc1)C1(F)CC1. The molecular formula is C9H9FOS. The fraction of sp³-hybridized carbons (Fsp3) is 0.333. The predicted octanol–water partition coefficient (Wildman–Crippen LogP) is 2.25. The van der Waals surface area contributed by atoms with Crippen molar-refractivity contribution in [3.63, 3.8) is 0 Å². The van der Waals surface area contributed by atoms with Crippen molar-refractivity contribution in [1.29, 1.82) is 0 Å². The Hall–Kier alpha value is -0.700. The Morgan fingerprint density at radius 2 is 1.83 bits per heavy atom. The van der Waals surface area contributed by atoms with Crippen LogP contribution in [-0.2, 0) is 10.8 Å². The molecule has 1 aliphatic carbocycles. The summed E-state index contributed by atoms with van der Waals surface area (Å²) in [7, 11) is -1.46. The molecule has 0 aromatic heterocycles. The third-order valence-corrected chi connectivity index (χ3v) is 3.71. The van der Waals surface area contributed by atoms with Crippen LogP contribution in [0, 0.1) is 0 Å². The van der Waals surface area contributed by atoms with E-state index in [1.165, 1.54) is 0 Å². The second-order valence-corrected chi connectivity index (χ2v) is 4.71. The number of hydrogen-bond donors (Lipinski definition) is 0. The van der Waals surface area contributed by atoms with E-state index in [1.807, 2.05) is 6.07 Å².